The van der Waals surface area contributed by atoms with Gasteiger partial charge in [-0.25, -0.2) is 8.78 Å². The van der Waals surface area contributed by atoms with Crippen molar-refractivity contribution in [3.63, 3.8) is 0 Å². The Morgan fingerprint density at radius 1 is 1.73 bits per heavy atom. The van der Waals surface area contributed by atoms with Crippen molar-refractivity contribution in [2.75, 3.05) is 0 Å². The van der Waals surface area contributed by atoms with Gasteiger partial charge in [-0.15, -0.1) is 0 Å². The molecule has 0 unspecified atom stereocenters. The van der Waals surface area contributed by atoms with E-state index in [1.807, 2.05) is 0 Å². The number of alkyl halides is 2. The van der Waals surface area contributed by atoms with Gasteiger partial charge in [0.05, 0.1) is 0 Å². The van der Waals surface area contributed by atoms with Crippen molar-refractivity contribution in [3.05, 3.63) is 17.5 Å². The lowest BCUT2D eigenvalue weighted by molar-refractivity contribution is 0.0962. The predicted molar refractivity (Wildman–Crippen MR) is 30.0 cm³/mol. The summed E-state index contributed by atoms with van der Waals surface area (Å²) in [6, 6.07) is 0.812. The van der Waals surface area contributed by atoms with Crippen LogP contribution in [-0.2, 0) is 0 Å². The molecule has 6 heteroatoms. The third-order valence-electron chi connectivity index (χ3n) is 0.995. The Morgan fingerprint density at radius 3 is 2.64 bits per heavy atom. The van der Waals surface area contributed by atoms with Gasteiger partial charge in [-0.1, -0.05) is 5.16 Å². The number of rotatable bonds is 2. The summed E-state index contributed by atoms with van der Waals surface area (Å²) in [5.74, 6) is -1.27. The molecule has 2 N–H and O–H groups in total. The van der Waals surface area contributed by atoms with E-state index in [-0.39, 0.29) is 5.76 Å². The monoisotopic (exact) mass is 162 g/mol. The van der Waals surface area contributed by atoms with Crippen molar-refractivity contribution in [1.29, 1.82) is 0 Å². The van der Waals surface area contributed by atoms with Crippen LogP contribution in [0.25, 0.3) is 0 Å². The Kier molecular flexibility index (Phi) is 1.84. The van der Waals surface area contributed by atoms with Gasteiger partial charge in [0, 0.05) is 6.07 Å². The van der Waals surface area contributed by atoms with Gasteiger partial charge in [0.25, 0.3) is 12.3 Å². The normalized spacial score (nSPS) is 10.5. The van der Waals surface area contributed by atoms with Gasteiger partial charge in [-0.05, 0) is 0 Å². The molecule has 0 aromatic carbocycles. The third kappa shape index (κ3) is 1.51. The van der Waals surface area contributed by atoms with Gasteiger partial charge in [0.15, 0.2) is 5.69 Å². The van der Waals surface area contributed by atoms with E-state index in [4.69, 9.17) is 5.73 Å². The van der Waals surface area contributed by atoms with E-state index in [2.05, 4.69) is 9.68 Å². The third-order valence-corrected chi connectivity index (χ3v) is 0.995. The minimum atomic E-state index is -2.74. The summed E-state index contributed by atoms with van der Waals surface area (Å²) in [6.45, 7) is 0. The number of primary amides is 1. The van der Waals surface area contributed by atoms with Crippen molar-refractivity contribution < 1.29 is 18.1 Å². The molecule has 1 amide bonds. The summed E-state index contributed by atoms with van der Waals surface area (Å²) in [6.07, 6.45) is -2.74. The van der Waals surface area contributed by atoms with Gasteiger partial charge in [0.2, 0.25) is 5.76 Å². The fourth-order valence-corrected chi connectivity index (χ4v) is 0.508. The summed E-state index contributed by atoms with van der Waals surface area (Å²) in [5, 5.41) is 2.91. The van der Waals surface area contributed by atoms with E-state index < -0.39 is 18.0 Å². The molecule has 60 valence electrons. The molecule has 11 heavy (non-hydrogen) atoms. The Morgan fingerprint density at radius 2 is 2.36 bits per heavy atom. The lowest BCUT2D eigenvalue weighted by atomic mass is 10.3. The molecule has 1 rings (SSSR count). The number of aromatic nitrogens is 1. The minimum Gasteiger partial charge on any atom is -0.363 e. The van der Waals surface area contributed by atoms with Crippen LogP contribution in [0.2, 0.25) is 0 Å². The molecule has 1 heterocycles. The molecule has 0 bridgehead atoms. The lowest BCUT2D eigenvalue weighted by Crippen LogP contribution is -2.09. The van der Waals surface area contributed by atoms with Gasteiger partial charge in [-0.3, -0.25) is 4.79 Å². The Balaban J connectivity index is 2.90. The number of nitrogens with zero attached hydrogens (tertiary/aromatic N) is 1. The summed E-state index contributed by atoms with van der Waals surface area (Å²) in [7, 11) is 0. The molecular weight excluding hydrogens is 158 g/mol. The minimum absolute atomic E-state index is 0.361. The highest BCUT2D eigenvalue weighted by atomic mass is 19.3. The van der Waals surface area contributed by atoms with Crippen LogP contribution in [0.1, 0.15) is 22.7 Å². The van der Waals surface area contributed by atoms with E-state index in [1.54, 1.807) is 0 Å². The first-order valence-corrected chi connectivity index (χ1v) is 2.66. The highest BCUT2D eigenvalue weighted by molar-refractivity contribution is 5.89. The second kappa shape index (κ2) is 2.65. The zero-order chi connectivity index (χ0) is 8.43. The van der Waals surface area contributed by atoms with E-state index in [0.29, 0.717) is 0 Å². The molecule has 1 aromatic heterocycles. The van der Waals surface area contributed by atoms with Gasteiger partial charge in [0.1, 0.15) is 0 Å². The van der Waals surface area contributed by atoms with E-state index in [1.165, 1.54) is 0 Å². The number of amides is 1. The average Bonchev–Trinajstić information content (AvgIpc) is 2.33. The van der Waals surface area contributed by atoms with Crippen molar-refractivity contribution in [3.8, 4) is 0 Å². The summed E-state index contributed by atoms with van der Waals surface area (Å²) < 4.78 is 27.7. The van der Waals surface area contributed by atoms with Gasteiger partial charge in [-0.2, -0.15) is 0 Å². The maximum atomic E-state index is 11.8. The quantitative estimate of drug-likeness (QED) is 0.696. The van der Waals surface area contributed by atoms with E-state index in [0.717, 1.165) is 6.07 Å². The van der Waals surface area contributed by atoms with Gasteiger partial charge < -0.3 is 10.3 Å². The first-order valence-electron chi connectivity index (χ1n) is 2.66. The first-order chi connectivity index (χ1) is 5.11. The molecule has 0 aliphatic carbocycles. The molecule has 0 aliphatic rings. The molecule has 0 atom stereocenters. The molecule has 0 radical (unpaired) electrons. The molecule has 0 aliphatic heterocycles. The molecule has 0 spiro atoms. The van der Waals surface area contributed by atoms with Crippen LogP contribution >= 0.6 is 0 Å². The average molecular weight is 162 g/mol. The smallest absolute Gasteiger partial charge is 0.287 e. The number of nitrogens with two attached hydrogens (primary N) is 1. The number of carbonyl (C=O) groups excluding carboxylic acids is 1. The number of hydrogen-bond acceptors (Lipinski definition) is 3. The highest BCUT2D eigenvalue weighted by Crippen LogP contribution is 2.17. The SMILES string of the molecule is NC(=O)c1cc(C(F)F)no1. The predicted octanol–water partition coefficient (Wildman–Crippen LogP) is 0.711. The van der Waals surface area contributed by atoms with Gasteiger partial charge >= 0.3 is 0 Å². The highest BCUT2D eigenvalue weighted by Gasteiger charge is 2.15. The van der Waals surface area contributed by atoms with Crippen LogP contribution in [0.5, 0.6) is 0 Å². The van der Waals surface area contributed by atoms with Crippen LogP contribution < -0.4 is 5.73 Å². The van der Waals surface area contributed by atoms with Crippen molar-refractivity contribution in [2.45, 2.75) is 6.43 Å². The maximum absolute atomic E-state index is 11.8. The summed E-state index contributed by atoms with van der Waals surface area (Å²) >= 11 is 0. The van der Waals surface area contributed by atoms with Crippen molar-refractivity contribution in [1.82, 2.24) is 5.16 Å². The standard InChI is InChI=1S/C5H4F2N2O2/c6-4(7)2-1-3(5(8)10)11-9-2/h1,4H,(H2,8,10). The van der Waals surface area contributed by atoms with Crippen LogP contribution in [0.15, 0.2) is 10.6 Å². The molecule has 0 saturated carbocycles. The second-order valence-corrected chi connectivity index (χ2v) is 1.78. The van der Waals surface area contributed by atoms with Crippen LogP contribution in [0.3, 0.4) is 0 Å². The number of hydrogen-bond donors (Lipinski definition) is 1. The summed E-state index contributed by atoms with van der Waals surface area (Å²) in [4.78, 5) is 10.3. The Labute approximate surface area is 60.0 Å². The number of carbonyl (C=O) groups is 1. The lowest BCUT2D eigenvalue weighted by Gasteiger charge is -1.84. The van der Waals surface area contributed by atoms with Crippen molar-refractivity contribution in [2.24, 2.45) is 5.73 Å². The van der Waals surface area contributed by atoms with E-state index >= 15 is 0 Å². The Bertz CT molecular complexity index is 271. The first kappa shape index (κ1) is 7.64. The largest absolute Gasteiger partial charge is 0.363 e. The number of halogens is 2. The van der Waals surface area contributed by atoms with Crippen LogP contribution in [0.4, 0.5) is 8.78 Å². The Hall–Kier alpha value is -1.46. The summed E-state index contributed by atoms with van der Waals surface area (Å²) in [5.41, 5.74) is 4.13. The molecule has 0 saturated heterocycles. The fourth-order valence-electron chi connectivity index (χ4n) is 0.508. The molecule has 1 aromatic rings. The topological polar surface area (TPSA) is 69.1 Å². The maximum Gasteiger partial charge on any atom is 0.287 e. The zero-order valence-electron chi connectivity index (χ0n) is 5.25. The van der Waals surface area contributed by atoms with E-state index in [9.17, 15) is 13.6 Å². The fraction of sp³-hybridized carbons (Fsp3) is 0.200. The van der Waals surface area contributed by atoms with Crippen LogP contribution in [-0.4, -0.2) is 11.1 Å². The zero-order valence-corrected chi connectivity index (χ0v) is 5.25. The molecule has 4 nitrogen and oxygen atoms in total. The second-order valence-electron chi connectivity index (χ2n) is 1.78. The van der Waals surface area contributed by atoms with Crippen LogP contribution in [0, 0.1) is 0 Å². The molecular formula is C5H4F2N2O2. The molecule has 0 fully saturated rings. The van der Waals surface area contributed by atoms with Crippen molar-refractivity contribution >= 4 is 5.91 Å².